The predicted molar refractivity (Wildman–Crippen MR) is 68.5 cm³/mol. The largest absolute Gasteiger partial charge is 0.488 e. The van der Waals surface area contributed by atoms with E-state index >= 15 is 0 Å². The van der Waals surface area contributed by atoms with Gasteiger partial charge in [-0.05, 0) is 36.1 Å². The van der Waals surface area contributed by atoms with Crippen molar-refractivity contribution in [1.29, 1.82) is 0 Å². The lowest BCUT2D eigenvalue weighted by Crippen LogP contribution is -2.29. The monoisotopic (exact) mass is 228 g/mol. The third kappa shape index (κ3) is 2.84. The molecule has 0 atom stereocenters. The number of anilines is 2. The Bertz CT molecular complexity index is 517. The molecule has 0 unspecified atom stereocenters. The first-order valence-corrected chi connectivity index (χ1v) is 5.31. The van der Waals surface area contributed by atoms with Crippen LogP contribution in [0.3, 0.4) is 0 Å². The van der Waals surface area contributed by atoms with Gasteiger partial charge in [-0.1, -0.05) is 18.2 Å². The molecule has 0 amide bonds. The number of pyridine rings is 1. The molecule has 4 nitrogen and oxygen atoms in total. The molecule has 1 aromatic heterocycles. The summed E-state index contributed by atoms with van der Waals surface area (Å²) in [5.74, 6) is 0.761. The molecule has 3 N–H and O–H groups in total. The molecule has 2 aromatic rings. The molecule has 1 aromatic carbocycles. The maximum atomic E-state index is 9.08. The molecule has 86 valence electrons. The van der Waals surface area contributed by atoms with Crippen LogP contribution in [0.25, 0.3) is 0 Å². The van der Waals surface area contributed by atoms with Gasteiger partial charge >= 0.3 is 7.12 Å². The lowest BCUT2D eigenvalue weighted by molar-refractivity contribution is 0.426. The fraction of sp³-hybridized carbons (Fsp3) is 0.0833. The Morgan fingerprint density at radius 3 is 2.71 bits per heavy atom. The number of rotatable bonds is 3. The first-order chi connectivity index (χ1) is 8.16. The normalized spacial score (nSPS) is 10.1. The zero-order valence-electron chi connectivity index (χ0n) is 9.46. The van der Waals surface area contributed by atoms with Crippen molar-refractivity contribution in [1.82, 2.24) is 4.98 Å². The highest BCUT2D eigenvalue weighted by Gasteiger charge is 2.10. The highest BCUT2D eigenvalue weighted by molar-refractivity contribution is 6.58. The quantitative estimate of drug-likeness (QED) is 0.680. The molecule has 0 spiro atoms. The van der Waals surface area contributed by atoms with Crippen molar-refractivity contribution >= 4 is 24.1 Å². The SMILES string of the molecule is Cc1cccnc1Nc1cccc(B(O)O)c1. The van der Waals surface area contributed by atoms with Gasteiger partial charge in [0.05, 0.1) is 0 Å². The molecule has 1 heterocycles. The fourth-order valence-electron chi connectivity index (χ4n) is 1.53. The van der Waals surface area contributed by atoms with E-state index in [-0.39, 0.29) is 0 Å². The second-order valence-electron chi connectivity index (χ2n) is 3.79. The molecule has 5 heteroatoms. The van der Waals surface area contributed by atoms with Gasteiger partial charge < -0.3 is 15.4 Å². The minimum Gasteiger partial charge on any atom is -0.423 e. The summed E-state index contributed by atoms with van der Waals surface area (Å²) in [6, 6.07) is 10.8. The highest BCUT2D eigenvalue weighted by Crippen LogP contribution is 2.16. The van der Waals surface area contributed by atoms with E-state index in [1.807, 2.05) is 25.1 Å². The lowest BCUT2D eigenvalue weighted by Gasteiger charge is -2.09. The summed E-state index contributed by atoms with van der Waals surface area (Å²) in [4.78, 5) is 4.21. The van der Waals surface area contributed by atoms with Crippen LogP contribution in [0.4, 0.5) is 11.5 Å². The van der Waals surface area contributed by atoms with E-state index in [0.717, 1.165) is 17.1 Å². The van der Waals surface area contributed by atoms with Gasteiger partial charge in [0.2, 0.25) is 0 Å². The van der Waals surface area contributed by atoms with E-state index in [4.69, 9.17) is 10.0 Å². The Hall–Kier alpha value is -1.85. The Kier molecular flexibility index (Phi) is 3.42. The number of benzene rings is 1. The zero-order valence-corrected chi connectivity index (χ0v) is 9.46. The molecule has 0 radical (unpaired) electrons. The van der Waals surface area contributed by atoms with Crippen molar-refractivity contribution in [2.24, 2.45) is 0 Å². The van der Waals surface area contributed by atoms with Crippen molar-refractivity contribution in [2.45, 2.75) is 6.92 Å². The van der Waals surface area contributed by atoms with Crippen LogP contribution in [-0.4, -0.2) is 22.2 Å². The second kappa shape index (κ2) is 4.99. The molecule has 0 saturated carbocycles. The fourth-order valence-corrected chi connectivity index (χ4v) is 1.53. The van der Waals surface area contributed by atoms with E-state index in [1.54, 1.807) is 24.4 Å². The van der Waals surface area contributed by atoms with Crippen molar-refractivity contribution in [2.75, 3.05) is 5.32 Å². The Labute approximate surface area is 100 Å². The molecule has 0 bridgehead atoms. The first kappa shape index (κ1) is 11.6. The molecule has 0 aliphatic heterocycles. The average Bonchev–Trinajstić information content (AvgIpc) is 2.32. The van der Waals surface area contributed by atoms with Crippen LogP contribution in [-0.2, 0) is 0 Å². The molecule has 2 rings (SSSR count). The molecule has 0 aliphatic carbocycles. The van der Waals surface area contributed by atoms with Crippen LogP contribution >= 0.6 is 0 Å². The maximum Gasteiger partial charge on any atom is 0.488 e. The topological polar surface area (TPSA) is 65.4 Å². The van der Waals surface area contributed by atoms with Gasteiger partial charge in [-0.25, -0.2) is 4.98 Å². The average molecular weight is 228 g/mol. The van der Waals surface area contributed by atoms with Crippen molar-refractivity contribution in [3.8, 4) is 0 Å². The highest BCUT2D eigenvalue weighted by atomic mass is 16.4. The van der Waals surface area contributed by atoms with Crippen LogP contribution in [0.15, 0.2) is 42.6 Å². The summed E-state index contributed by atoms with van der Waals surface area (Å²) in [5.41, 5.74) is 2.25. The van der Waals surface area contributed by atoms with Gasteiger partial charge in [0.25, 0.3) is 0 Å². The smallest absolute Gasteiger partial charge is 0.423 e. The van der Waals surface area contributed by atoms with Crippen molar-refractivity contribution < 1.29 is 10.0 Å². The van der Waals surface area contributed by atoms with Crippen LogP contribution in [0, 0.1) is 6.92 Å². The first-order valence-electron chi connectivity index (χ1n) is 5.31. The van der Waals surface area contributed by atoms with E-state index in [9.17, 15) is 0 Å². The van der Waals surface area contributed by atoms with Gasteiger partial charge in [0.1, 0.15) is 5.82 Å². The second-order valence-corrected chi connectivity index (χ2v) is 3.79. The Morgan fingerprint density at radius 2 is 2.00 bits per heavy atom. The lowest BCUT2D eigenvalue weighted by atomic mass is 9.80. The number of aryl methyl sites for hydroxylation is 1. The standard InChI is InChI=1S/C12H13BN2O2/c1-9-4-3-7-14-12(9)15-11-6-2-5-10(8-11)13(16)17/h2-8,16-17H,1H3,(H,14,15). The molecule has 0 saturated heterocycles. The minimum absolute atomic E-state index is 0.448. The van der Waals surface area contributed by atoms with E-state index in [0.29, 0.717) is 5.46 Å². The van der Waals surface area contributed by atoms with Gasteiger partial charge in [-0.2, -0.15) is 0 Å². The number of aromatic nitrogens is 1. The van der Waals surface area contributed by atoms with Crippen molar-refractivity contribution in [3.05, 3.63) is 48.2 Å². The number of hydrogen-bond acceptors (Lipinski definition) is 4. The minimum atomic E-state index is -1.46. The van der Waals surface area contributed by atoms with E-state index < -0.39 is 7.12 Å². The summed E-state index contributed by atoms with van der Waals surface area (Å²) in [7, 11) is -1.46. The summed E-state index contributed by atoms with van der Waals surface area (Å²) in [6.45, 7) is 1.96. The maximum absolute atomic E-state index is 9.08. The predicted octanol–water partition coefficient (Wildman–Crippen LogP) is 0.813. The van der Waals surface area contributed by atoms with Gasteiger partial charge in [0.15, 0.2) is 0 Å². The molecular formula is C12H13BN2O2. The molecule has 0 fully saturated rings. The molecule has 0 aliphatic rings. The Balaban J connectivity index is 2.25. The van der Waals surface area contributed by atoms with Gasteiger partial charge in [-0.15, -0.1) is 0 Å². The number of hydrogen-bond donors (Lipinski definition) is 3. The molecule has 17 heavy (non-hydrogen) atoms. The zero-order chi connectivity index (χ0) is 12.3. The van der Waals surface area contributed by atoms with Crippen LogP contribution in [0.5, 0.6) is 0 Å². The third-order valence-electron chi connectivity index (χ3n) is 2.46. The molecular weight excluding hydrogens is 215 g/mol. The van der Waals surface area contributed by atoms with Crippen molar-refractivity contribution in [3.63, 3.8) is 0 Å². The van der Waals surface area contributed by atoms with Crippen LogP contribution in [0.2, 0.25) is 0 Å². The van der Waals surface area contributed by atoms with Crippen LogP contribution < -0.4 is 10.8 Å². The van der Waals surface area contributed by atoms with E-state index in [2.05, 4.69) is 10.3 Å². The van der Waals surface area contributed by atoms with Crippen LogP contribution in [0.1, 0.15) is 5.56 Å². The Morgan fingerprint density at radius 1 is 1.18 bits per heavy atom. The number of nitrogens with zero attached hydrogens (tertiary/aromatic N) is 1. The summed E-state index contributed by atoms with van der Waals surface area (Å²) < 4.78 is 0. The number of nitrogens with one attached hydrogen (secondary N) is 1. The summed E-state index contributed by atoms with van der Waals surface area (Å²) in [6.07, 6.45) is 1.71. The summed E-state index contributed by atoms with van der Waals surface area (Å²) >= 11 is 0. The van der Waals surface area contributed by atoms with Gasteiger partial charge in [0, 0.05) is 11.9 Å². The third-order valence-corrected chi connectivity index (χ3v) is 2.46. The van der Waals surface area contributed by atoms with Gasteiger partial charge in [-0.3, -0.25) is 0 Å². The summed E-state index contributed by atoms with van der Waals surface area (Å²) in [5, 5.41) is 21.3. The van der Waals surface area contributed by atoms with E-state index in [1.165, 1.54) is 0 Å².